The fraction of sp³-hybridized carbons (Fsp3) is 0.386. The second kappa shape index (κ2) is 34.7. The molecule has 10 aromatic heterocycles. The molecule has 0 atom stereocenters. The number of aliphatic hydroxyl groups excluding tert-OH is 5. The smallest absolute Gasteiger partial charge is 0.206 e. The predicted octanol–water partition coefficient (Wildman–Crippen LogP) is 6.53. The molecule has 0 aromatic carbocycles. The molecule has 0 aliphatic rings. The van der Waals surface area contributed by atoms with E-state index in [1.165, 1.54) is 69.0 Å². The molecule has 10 aromatic rings. The fourth-order valence-electron chi connectivity index (χ4n) is 8.46. The zero-order valence-electron chi connectivity index (χ0n) is 52.2. The van der Waals surface area contributed by atoms with Crippen molar-refractivity contribution in [2.24, 2.45) is 35.2 Å². The largest absolute Gasteiger partial charge is 0.501 e. The molecule has 10 heterocycles. The molecule has 0 saturated heterocycles. The number of carbonyl (C=O) groups excluding carboxylic acids is 5. The number of aliphatic hydroxyl groups is 5. The molecule has 0 unspecified atom stereocenters. The normalized spacial score (nSPS) is 10.9. The number of aryl methyl sites for hydroxylation is 10. The minimum absolute atomic E-state index is 0.353. The van der Waals surface area contributed by atoms with Gasteiger partial charge < -0.3 is 35.0 Å². The second-order valence-electron chi connectivity index (χ2n) is 19.1. The van der Waals surface area contributed by atoms with Gasteiger partial charge in [0.25, 0.3) is 0 Å². The summed E-state index contributed by atoms with van der Waals surface area (Å²) >= 11 is 10.5. The maximum atomic E-state index is 11.8. The van der Waals surface area contributed by atoms with Crippen molar-refractivity contribution in [1.29, 1.82) is 0 Å². The van der Waals surface area contributed by atoms with Crippen LogP contribution in [0.15, 0.2) is 41.0 Å². The van der Waals surface area contributed by atoms with Crippen LogP contribution in [0.25, 0.3) is 59.6 Å². The lowest BCUT2D eigenvalue weighted by Gasteiger charge is -2.01. The quantitative estimate of drug-likeness (QED) is 0.0258. The van der Waals surface area contributed by atoms with Crippen LogP contribution in [0, 0.1) is 27.7 Å². The number of Topliss-reactive ketones (excluding diaryl/α,β-unsaturated/α-hetero) is 5. The highest BCUT2D eigenvalue weighted by Gasteiger charge is 2.25. The number of rotatable bonds is 23. The van der Waals surface area contributed by atoms with Gasteiger partial charge in [0, 0.05) is 53.1 Å². The number of hydrogen-bond acceptors (Lipinski definition) is 29. The van der Waals surface area contributed by atoms with E-state index in [-0.39, 0.29) is 28.9 Å². The van der Waals surface area contributed by atoms with Gasteiger partial charge in [-0.2, -0.15) is 29.9 Å². The minimum atomic E-state index is -0.548. The average molecular weight is 1420 g/mol. The molecule has 10 rings (SSSR count). The van der Waals surface area contributed by atoms with Gasteiger partial charge in [-0.05, 0) is 81.5 Å². The summed E-state index contributed by atoms with van der Waals surface area (Å²) in [4.78, 5) is 78.1. The van der Waals surface area contributed by atoms with Crippen molar-refractivity contribution >= 4 is 108 Å². The van der Waals surface area contributed by atoms with Crippen LogP contribution in [0.4, 0.5) is 0 Å². The number of aromatic nitrogens is 17. The first kappa shape index (κ1) is 73.2. The summed E-state index contributed by atoms with van der Waals surface area (Å²) in [5, 5.41) is 77.8. The zero-order chi connectivity index (χ0) is 67.5. The molecule has 0 radical (unpaired) electrons. The fourth-order valence-corrected chi connectivity index (χ4v) is 13.6. The Balaban J connectivity index is 0.000000183. The molecule has 0 amide bonds. The van der Waals surface area contributed by atoms with Crippen LogP contribution in [0.5, 0.6) is 0 Å². The van der Waals surface area contributed by atoms with E-state index in [9.17, 15) is 24.0 Å². The van der Waals surface area contributed by atoms with Crippen molar-refractivity contribution < 1.29 is 59.0 Å². The second-order valence-corrected chi connectivity index (χ2v) is 25.6. The lowest BCUT2D eigenvalue weighted by atomic mass is 10.1. The van der Waals surface area contributed by atoms with E-state index in [1.54, 1.807) is 90.7 Å². The third-order valence-electron chi connectivity index (χ3n) is 12.8. The number of carbonyl (C=O) groups is 5. The van der Waals surface area contributed by atoms with E-state index in [1.807, 2.05) is 47.6 Å². The van der Waals surface area contributed by atoms with Crippen molar-refractivity contribution in [1.82, 2.24) is 83.4 Å². The molecule has 29 nitrogen and oxygen atoms in total. The Kier molecular flexibility index (Phi) is 27.7. The number of halogens is 1. The summed E-state index contributed by atoms with van der Waals surface area (Å²) in [6.07, 6.45) is 13.0. The third kappa shape index (κ3) is 18.1. The standard InChI is InChI=1S/C14H19N3O3S.C14H17N3O3S.C10H10BrN3O2S.C10H12N4O2S.C9H10N4O2S/c2*1-4-20-6-5-12-9(2)16-14(21-12)10-7-15-17(3)13(10)11(19)8-18;1-5-13-8(10(11)17-5)6-3-12-14(2)9(6)7(16)4-15;1-3-8-12-13-10(17-8)6-4-11-14(2)9(6)7(16)5-15;1-5-11-9(16-12-5)6-3-10-13(2)8(6)7(15)4-14/h7,18H,4-6,8H2,1-3H3;5-7,18H,4,8H2,1-3H3;3,15H,4H2,1-2H3;4,15H,3,5H2,1-2H3;3,14H,4H2,1-2H3/b;6-5+;;;. The Labute approximate surface area is 556 Å². The van der Waals surface area contributed by atoms with Crippen molar-refractivity contribution in [3.63, 3.8) is 0 Å². The van der Waals surface area contributed by atoms with E-state index in [2.05, 4.69) is 75.9 Å². The van der Waals surface area contributed by atoms with Gasteiger partial charge in [-0.1, -0.05) is 18.3 Å². The lowest BCUT2D eigenvalue weighted by Crippen LogP contribution is -2.11. The molecule has 35 heteroatoms. The molecule has 0 aliphatic carbocycles. The summed E-state index contributed by atoms with van der Waals surface area (Å²) in [6, 6.07) is 0. The first-order valence-electron chi connectivity index (χ1n) is 27.9. The highest BCUT2D eigenvalue weighted by Crippen LogP contribution is 2.36. The van der Waals surface area contributed by atoms with Crippen LogP contribution >= 0.6 is 72.8 Å². The molecule has 0 spiro atoms. The number of ketones is 5. The monoisotopic (exact) mass is 1420 g/mol. The lowest BCUT2D eigenvalue weighted by molar-refractivity contribution is 0.0889. The first-order chi connectivity index (χ1) is 44.0. The molecule has 5 N–H and O–H groups in total. The summed E-state index contributed by atoms with van der Waals surface area (Å²) in [7, 11) is 8.33. The Morgan fingerprint density at radius 3 is 1.36 bits per heavy atom. The predicted molar refractivity (Wildman–Crippen MR) is 351 cm³/mol. The van der Waals surface area contributed by atoms with Gasteiger partial charge in [0.2, 0.25) is 28.9 Å². The average Bonchev–Trinajstić information content (AvgIpc) is 1.93. The van der Waals surface area contributed by atoms with Gasteiger partial charge in [0.05, 0.1) is 109 Å². The van der Waals surface area contributed by atoms with Crippen molar-refractivity contribution in [3.05, 3.63) is 106 Å². The van der Waals surface area contributed by atoms with Gasteiger partial charge in [0.1, 0.15) is 87.4 Å². The van der Waals surface area contributed by atoms with Crippen LogP contribution in [0.3, 0.4) is 0 Å². The van der Waals surface area contributed by atoms with E-state index in [4.69, 9.17) is 35.0 Å². The van der Waals surface area contributed by atoms with Gasteiger partial charge in [-0.15, -0.1) is 44.2 Å². The van der Waals surface area contributed by atoms with Gasteiger partial charge in [-0.25, -0.2) is 19.9 Å². The summed E-state index contributed by atoms with van der Waals surface area (Å²) in [5.41, 5.74) is 7.56. The molecular weight excluding hydrogens is 1350 g/mol. The minimum Gasteiger partial charge on any atom is -0.501 e. The molecule has 0 bridgehead atoms. The van der Waals surface area contributed by atoms with Crippen LogP contribution < -0.4 is 0 Å². The van der Waals surface area contributed by atoms with Crippen LogP contribution in [-0.4, -0.2) is 191 Å². The Morgan fingerprint density at radius 1 is 0.522 bits per heavy atom. The number of hydrogen-bond donors (Lipinski definition) is 5. The van der Waals surface area contributed by atoms with Gasteiger partial charge >= 0.3 is 0 Å². The Hall–Kier alpha value is -7.81. The van der Waals surface area contributed by atoms with Crippen molar-refractivity contribution in [2.75, 3.05) is 52.9 Å². The highest BCUT2D eigenvalue weighted by molar-refractivity contribution is 9.11. The molecule has 92 heavy (non-hydrogen) atoms. The number of thiazole rings is 3. The van der Waals surface area contributed by atoms with Crippen LogP contribution in [0.1, 0.15) is 110 Å². The van der Waals surface area contributed by atoms with E-state index < -0.39 is 33.0 Å². The summed E-state index contributed by atoms with van der Waals surface area (Å²) < 4.78 is 22.7. The number of nitrogens with zero attached hydrogens (tertiary/aromatic N) is 17. The van der Waals surface area contributed by atoms with Gasteiger partial charge in [0.15, 0.2) is 5.01 Å². The number of ether oxygens (including phenoxy) is 2. The van der Waals surface area contributed by atoms with Crippen LogP contribution in [-0.2, 0) is 57.6 Å². The summed E-state index contributed by atoms with van der Waals surface area (Å²) in [6.45, 7) is 12.7. The van der Waals surface area contributed by atoms with E-state index >= 15 is 0 Å². The maximum absolute atomic E-state index is 11.8. The molecule has 0 aliphatic heterocycles. The van der Waals surface area contributed by atoms with E-state index in [0.717, 1.165) is 52.8 Å². The topological polar surface area (TPSA) is 384 Å². The molecule has 0 saturated carbocycles. The molecule has 490 valence electrons. The van der Waals surface area contributed by atoms with Crippen molar-refractivity contribution in [3.8, 4) is 53.5 Å². The maximum Gasteiger partial charge on any atom is 0.206 e. The Morgan fingerprint density at radius 2 is 0.957 bits per heavy atom. The molecule has 0 fully saturated rings. The summed E-state index contributed by atoms with van der Waals surface area (Å²) in [5.74, 6) is -1.17. The highest BCUT2D eigenvalue weighted by atomic mass is 79.9. The van der Waals surface area contributed by atoms with Crippen LogP contribution in [0.2, 0.25) is 0 Å². The SMILES string of the molecule is CCO/C=C/c1sc(-c2cnn(C)c2C(=O)CO)nc1C.CCOCCc1sc(-c2cnn(C)c2C(=O)CO)nc1C.CCc1nnc(-c2cnn(C)c2C(=O)CO)s1.Cc1nc(-c2cnn(C)c2C(=O)CO)c(Br)s1.Cc1nsc(-c2cnn(C)c2C(=O)CO)n1. The first-order valence-corrected chi connectivity index (χ1v) is 32.7. The zero-order valence-corrected chi connectivity index (χ0v) is 57.9. The van der Waals surface area contributed by atoms with Gasteiger partial charge in [-0.3, -0.25) is 47.4 Å². The third-order valence-corrected chi connectivity index (χ3v) is 18.8. The van der Waals surface area contributed by atoms with Crippen molar-refractivity contribution in [2.45, 2.75) is 61.3 Å². The van der Waals surface area contributed by atoms with E-state index in [0.29, 0.717) is 103 Å². The Bertz CT molecular complexity index is 4180. The molecular formula is C57H68BrN17O12S5.